The van der Waals surface area contributed by atoms with Gasteiger partial charge in [-0.1, -0.05) is 6.07 Å². The number of carbonyl (C=O) groups excluding carboxylic acids is 1. The van der Waals surface area contributed by atoms with Gasteiger partial charge in [0.2, 0.25) is 5.88 Å². The molecule has 136 valence electrons. The summed E-state index contributed by atoms with van der Waals surface area (Å²) in [6, 6.07) is 5.40. The third kappa shape index (κ3) is 3.34. The van der Waals surface area contributed by atoms with Crippen molar-refractivity contribution < 1.29 is 9.53 Å². The van der Waals surface area contributed by atoms with Gasteiger partial charge in [0, 0.05) is 33.0 Å². The zero-order valence-electron chi connectivity index (χ0n) is 14.7. The standard InChI is InChI=1S/C16H19N7O3/c1-21-10-11(15(20-21)26-3)14(24)18-8-9-23-16(25)22(2)13(19-23)12-6-4-5-7-17-12/h4-7,10H,8-9H2,1-3H3,(H,18,24). The van der Waals surface area contributed by atoms with Crippen LogP contribution in [-0.4, -0.2) is 48.7 Å². The number of nitrogens with one attached hydrogen (secondary N) is 1. The van der Waals surface area contributed by atoms with Crippen LogP contribution in [0.25, 0.3) is 11.5 Å². The first-order valence-corrected chi connectivity index (χ1v) is 7.92. The lowest BCUT2D eigenvalue weighted by Crippen LogP contribution is -2.31. The van der Waals surface area contributed by atoms with E-state index >= 15 is 0 Å². The summed E-state index contributed by atoms with van der Waals surface area (Å²) in [5, 5.41) is 11.1. The van der Waals surface area contributed by atoms with E-state index in [-0.39, 0.29) is 30.6 Å². The molecule has 0 fully saturated rings. The van der Waals surface area contributed by atoms with E-state index in [0.29, 0.717) is 17.1 Å². The quantitative estimate of drug-likeness (QED) is 0.655. The Balaban J connectivity index is 1.69. The molecule has 10 nitrogen and oxygen atoms in total. The summed E-state index contributed by atoms with van der Waals surface area (Å²) in [4.78, 5) is 28.7. The van der Waals surface area contributed by atoms with E-state index in [2.05, 4.69) is 20.5 Å². The van der Waals surface area contributed by atoms with Crippen molar-refractivity contribution >= 4 is 5.91 Å². The third-order valence-electron chi connectivity index (χ3n) is 3.78. The topological polar surface area (TPSA) is 109 Å². The SMILES string of the molecule is COc1nn(C)cc1C(=O)NCCn1nc(-c2ccccn2)n(C)c1=O. The highest BCUT2D eigenvalue weighted by molar-refractivity contribution is 5.96. The molecule has 1 amide bonds. The number of amides is 1. The lowest BCUT2D eigenvalue weighted by Gasteiger charge is -2.04. The van der Waals surface area contributed by atoms with E-state index in [9.17, 15) is 9.59 Å². The minimum Gasteiger partial charge on any atom is -0.479 e. The van der Waals surface area contributed by atoms with Crippen molar-refractivity contribution in [2.45, 2.75) is 6.54 Å². The maximum Gasteiger partial charge on any atom is 0.346 e. The molecule has 3 heterocycles. The van der Waals surface area contributed by atoms with Crippen LogP contribution in [0.5, 0.6) is 5.88 Å². The number of aryl methyl sites for hydroxylation is 1. The van der Waals surface area contributed by atoms with Crippen molar-refractivity contribution in [3.05, 3.63) is 46.6 Å². The highest BCUT2D eigenvalue weighted by Gasteiger charge is 2.17. The molecule has 0 radical (unpaired) electrons. The van der Waals surface area contributed by atoms with Crippen LogP contribution in [0.15, 0.2) is 35.4 Å². The van der Waals surface area contributed by atoms with Gasteiger partial charge in [-0.2, -0.15) is 0 Å². The summed E-state index contributed by atoms with van der Waals surface area (Å²) in [6.07, 6.45) is 3.21. The Hall–Kier alpha value is -3.43. The van der Waals surface area contributed by atoms with Crippen molar-refractivity contribution in [2.24, 2.45) is 14.1 Å². The molecule has 10 heteroatoms. The Morgan fingerprint density at radius 1 is 1.27 bits per heavy atom. The van der Waals surface area contributed by atoms with E-state index in [1.165, 1.54) is 21.0 Å². The van der Waals surface area contributed by atoms with Gasteiger partial charge in [0.15, 0.2) is 5.82 Å². The molecule has 0 saturated heterocycles. The molecule has 1 N–H and O–H groups in total. The third-order valence-corrected chi connectivity index (χ3v) is 3.78. The minimum absolute atomic E-state index is 0.230. The van der Waals surface area contributed by atoms with E-state index in [1.807, 2.05) is 6.07 Å². The second-order valence-electron chi connectivity index (χ2n) is 5.58. The Kier molecular flexibility index (Phi) is 4.83. The van der Waals surface area contributed by atoms with Crippen LogP contribution in [0, 0.1) is 0 Å². The predicted octanol–water partition coefficient (Wildman–Crippen LogP) is -0.184. The Morgan fingerprint density at radius 2 is 2.08 bits per heavy atom. The van der Waals surface area contributed by atoms with Crippen LogP contribution < -0.4 is 15.7 Å². The maximum absolute atomic E-state index is 12.3. The van der Waals surface area contributed by atoms with Crippen LogP contribution in [-0.2, 0) is 20.6 Å². The molecule has 0 unspecified atom stereocenters. The number of ether oxygens (including phenoxy) is 1. The predicted molar refractivity (Wildman–Crippen MR) is 92.8 cm³/mol. The fourth-order valence-corrected chi connectivity index (χ4v) is 2.50. The van der Waals surface area contributed by atoms with E-state index < -0.39 is 0 Å². The fraction of sp³-hybridized carbons (Fsp3) is 0.312. The molecule has 3 aromatic rings. The Bertz CT molecular complexity index is 972. The average molecular weight is 357 g/mol. The second-order valence-corrected chi connectivity index (χ2v) is 5.58. The lowest BCUT2D eigenvalue weighted by molar-refractivity contribution is 0.0948. The van der Waals surface area contributed by atoms with E-state index in [4.69, 9.17) is 4.74 Å². The number of pyridine rings is 1. The molecule has 0 spiro atoms. The normalized spacial score (nSPS) is 10.7. The summed E-state index contributed by atoms with van der Waals surface area (Å²) < 4.78 is 9.29. The number of hydrogen-bond donors (Lipinski definition) is 1. The van der Waals surface area contributed by atoms with Crippen LogP contribution in [0.2, 0.25) is 0 Å². The summed E-state index contributed by atoms with van der Waals surface area (Å²) >= 11 is 0. The van der Waals surface area contributed by atoms with Gasteiger partial charge in [-0.25, -0.2) is 9.48 Å². The van der Waals surface area contributed by atoms with E-state index in [0.717, 1.165) is 0 Å². The Labute approximate surface area is 149 Å². The number of rotatable bonds is 6. The molecule has 0 aliphatic heterocycles. The van der Waals surface area contributed by atoms with Crippen LogP contribution in [0.1, 0.15) is 10.4 Å². The van der Waals surface area contributed by atoms with Crippen molar-refractivity contribution in [1.29, 1.82) is 0 Å². The van der Waals surface area contributed by atoms with Gasteiger partial charge in [-0.05, 0) is 12.1 Å². The summed E-state index contributed by atoms with van der Waals surface area (Å²) in [7, 11) is 4.78. The molecule has 3 rings (SSSR count). The molecule has 0 aromatic carbocycles. The largest absolute Gasteiger partial charge is 0.479 e. The molecular weight excluding hydrogens is 338 g/mol. The van der Waals surface area contributed by atoms with Crippen LogP contribution >= 0.6 is 0 Å². The number of nitrogens with zero attached hydrogens (tertiary/aromatic N) is 6. The summed E-state index contributed by atoms with van der Waals surface area (Å²) in [5.74, 6) is 0.386. The summed E-state index contributed by atoms with van der Waals surface area (Å²) in [6.45, 7) is 0.462. The fourth-order valence-electron chi connectivity index (χ4n) is 2.50. The smallest absolute Gasteiger partial charge is 0.346 e. The molecule has 26 heavy (non-hydrogen) atoms. The maximum atomic E-state index is 12.3. The first kappa shape index (κ1) is 17.4. The van der Waals surface area contributed by atoms with E-state index in [1.54, 1.807) is 38.6 Å². The van der Waals surface area contributed by atoms with Crippen molar-refractivity contribution in [1.82, 2.24) is 34.4 Å². The number of carbonyl (C=O) groups is 1. The number of hydrogen-bond acceptors (Lipinski definition) is 6. The molecule has 0 saturated carbocycles. The van der Waals surface area contributed by atoms with Crippen LogP contribution in [0.4, 0.5) is 0 Å². The monoisotopic (exact) mass is 357 g/mol. The van der Waals surface area contributed by atoms with Gasteiger partial charge >= 0.3 is 5.69 Å². The minimum atomic E-state index is -0.330. The zero-order chi connectivity index (χ0) is 18.7. The Morgan fingerprint density at radius 3 is 2.77 bits per heavy atom. The van der Waals surface area contributed by atoms with Gasteiger partial charge in [-0.3, -0.25) is 19.0 Å². The van der Waals surface area contributed by atoms with Gasteiger partial charge < -0.3 is 10.1 Å². The van der Waals surface area contributed by atoms with Crippen molar-refractivity contribution in [2.75, 3.05) is 13.7 Å². The highest BCUT2D eigenvalue weighted by Crippen LogP contribution is 2.14. The molecular formula is C16H19N7O3. The first-order chi connectivity index (χ1) is 12.5. The first-order valence-electron chi connectivity index (χ1n) is 7.92. The van der Waals surface area contributed by atoms with Gasteiger partial charge in [0.25, 0.3) is 5.91 Å². The second kappa shape index (κ2) is 7.21. The highest BCUT2D eigenvalue weighted by atomic mass is 16.5. The van der Waals surface area contributed by atoms with Crippen molar-refractivity contribution in [3.8, 4) is 17.4 Å². The lowest BCUT2D eigenvalue weighted by atomic mass is 10.3. The molecule has 3 aromatic heterocycles. The molecule has 0 atom stereocenters. The summed E-state index contributed by atoms with van der Waals surface area (Å²) in [5.41, 5.74) is 0.659. The van der Waals surface area contributed by atoms with Gasteiger partial charge in [-0.15, -0.1) is 10.2 Å². The molecule has 0 aliphatic carbocycles. The zero-order valence-corrected chi connectivity index (χ0v) is 14.7. The van der Waals surface area contributed by atoms with Crippen LogP contribution in [0.3, 0.4) is 0 Å². The van der Waals surface area contributed by atoms with Crippen molar-refractivity contribution in [3.63, 3.8) is 0 Å². The van der Waals surface area contributed by atoms with Gasteiger partial charge in [0.1, 0.15) is 11.3 Å². The molecule has 0 bridgehead atoms. The average Bonchev–Trinajstić information content (AvgIpc) is 3.17. The molecule has 0 aliphatic rings. The number of methoxy groups -OCH3 is 1. The van der Waals surface area contributed by atoms with Gasteiger partial charge in [0.05, 0.1) is 13.7 Å². The number of aromatic nitrogens is 6.